The highest BCUT2D eigenvalue weighted by Gasteiger charge is 2.07. The molecule has 0 aliphatic rings. The Morgan fingerprint density at radius 2 is 1.85 bits per heavy atom. The smallest absolute Gasteiger partial charge is 0.137 e. The van der Waals surface area contributed by atoms with Crippen molar-refractivity contribution >= 4 is 15.9 Å². The van der Waals surface area contributed by atoms with Gasteiger partial charge in [0.05, 0.1) is 16.1 Å². The van der Waals surface area contributed by atoms with Gasteiger partial charge >= 0.3 is 0 Å². The van der Waals surface area contributed by atoms with E-state index in [4.69, 9.17) is 10.00 Å². The molecule has 0 aliphatic heterocycles. The van der Waals surface area contributed by atoms with Gasteiger partial charge in [0.1, 0.15) is 18.2 Å². The summed E-state index contributed by atoms with van der Waals surface area (Å²) < 4.78 is 19.4. The van der Waals surface area contributed by atoms with E-state index in [1.165, 1.54) is 6.07 Å². The van der Waals surface area contributed by atoms with Crippen molar-refractivity contribution in [1.82, 2.24) is 0 Å². The highest BCUT2D eigenvalue weighted by Crippen LogP contribution is 2.26. The van der Waals surface area contributed by atoms with Crippen LogP contribution in [-0.4, -0.2) is 0 Å². The first kappa shape index (κ1) is 14.5. The predicted octanol–water partition coefficient (Wildman–Crippen LogP) is 4.66. The van der Waals surface area contributed by atoms with E-state index in [0.717, 1.165) is 22.4 Å². The van der Waals surface area contributed by atoms with Gasteiger partial charge in [0, 0.05) is 0 Å². The van der Waals surface area contributed by atoms with Crippen molar-refractivity contribution < 1.29 is 9.13 Å². The zero-order valence-electron chi connectivity index (χ0n) is 11.2. The monoisotopic (exact) mass is 333 g/mol. The van der Waals surface area contributed by atoms with Crippen LogP contribution in [0.4, 0.5) is 4.39 Å². The van der Waals surface area contributed by atoms with E-state index in [1.54, 1.807) is 24.3 Å². The molecule has 2 aromatic rings. The van der Waals surface area contributed by atoms with Gasteiger partial charge < -0.3 is 4.74 Å². The summed E-state index contributed by atoms with van der Waals surface area (Å²) in [6, 6.07) is 10.5. The third-order valence-electron chi connectivity index (χ3n) is 2.96. The highest BCUT2D eigenvalue weighted by atomic mass is 79.9. The lowest BCUT2D eigenvalue weighted by Crippen LogP contribution is -2.00. The molecule has 0 aliphatic carbocycles. The van der Waals surface area contributed by atoms with E-state index in [2.05, 4.69) is 22.0 Å². The van der Waals surface area contributed by atoms with Gasteiger partial charge in [-0.05, 0) is 70.7 Å². The molecule has 0 fully saturated rings. The maximum Gasteiger partial charge on any atom is 0.137 e. The average molecular weight is 334 g/mol. The number of nitrogens with zero attached hydrogens (tertiary/aromatic N) is 1. The van der Waals surface area contributed by atoms with Gasteiger partial charge in [-0.3, -0.25) is 0 Å². The Kier molecular flexibility index (Phi) is 4.41. The minimum absolute atomic E-state index is 0.292. The minimum Gasteiger partial charge on any atom is -0.488 e. The van der Waals surface area contributed by atoms with Crippen molar-refractivity contribution in [2.24, 2.45) is 0 Å². The standard InChI is InChI=1S/C16H13BrFNO/c1-10-5-13(8-19)6-11(2)16(10)20-9-12-3-4-15(18)14(17)7-12/h3-7H,9H2,1-2H3. The van der Waals surface area contributed by atoms with E-state index in [9.17, 15) is 4.39 Å². The van der Waals surface area contributed by atoms with Crippen LogP contribution in [0.2, 0.25) is 0 Å². The fourth-order valence-electron chi connectivity index (χ4n) is 2.03. The molecule has 0 N–H and O–H groups in total. The fraction of sp³-hybridized carbons (Fsp3) is 0.188. The molecule has 20 heavy (non-hydrogen) atoms. The van der Waals surface area contributed by atoms with Gasteiger partial charge in [-0.1, -0.05) is 6.07 Å². The van der Waals surface area contributed by atoms with Gasteiger partial charge in [0.25, 0.3) is 0 Å². The van der Waals surface area contributed by atoms with Crippen LogP contribution >= 0.6 is 15.9 Å². The normalized spacial score (nSPS) is 10.2. The van der Waals surface area contributed by atoms with Gasteiger partial charge in [0.2, 0.25) is 0 Å². The van der Waals surface area contributed by atoms with E-state index >= 15 is 0 Å². The first-order chi connectivity index (χ1) is 9.51. The molecule has 0 saturated heterocycles. The molecule has 2 nitrogen and oxygen atoms in total. The number of hydrogen-bond acceptors (Lipinski definition) is 2. The molecular formula is C16H13BrFNO. The molecule has 0 amide bonds. The number of ether oxygens (including phenoxy) is 1. The summed E-state index contributed by atoms with van der Waals surface area (Å²) in [7, 11) is 0. The second-order valence-electron chi connectivity index (χ2n) is 4.59. The van der Waals surface area contributed by atoms with Crippen molar-refractivity contribution in [1.29, 1.82) is 5.26 Å². The van der Waals surface area contributed by atoms with E-state index < -0.39 is 0 Å². The van der Waals surface area contributed by atoms with Crippen LogP contribution < -0.4 is 4.74 Å². The molecule has 0 heterocycles. The summed E-state index contributed by atoms with van der Waals surface area (Å²) in [4.78, 5) is 0. The Labute approximate surface area is 125 Å². The predicted molar refractivity (Wildman–Crippen MR) is 79.1 cm³/mol. The lowest BCUT2D eigenvalue weighted by atomic mass is 10.1. The number of halogens is 2. The molecule has 0 radical (unpaired) electrons. The number of hydrogen-bond donors (Lipinski definition) is 0. The Balaban J connectivity index is 2.19. The first-order valence-corrected chi connectivity index (χ1v) is 6.88. The summed E-state index contributed by atoms with van der Waals surface area (Å²) in [5.41, 5.74) is 3.34. The second-order valence-corrected chi connectivity index (χ2v) is 5.44. The van der Waals surface area contributed by atoms with Crippen LogP contribution in [-0.2, 0) is 6.61 Å². The molecule has 0 aromatic heterocycles. The van der Waals surface area contributed by atoms with Gasteiger partial charge in [0.15, 0.2) is 0 Å². The van der Waals surface area contributed by atoms with Crippen molar-refractivity contribution in [2.75, 3.05) is 0 Å². The minimum atomic E-state index is -0.292. The SMILES string of the molecule is Cc1cc(C#N)cc(C)c1OCc1ccc(F)c(Br)c1. The molecule has 102 valence electrons. The Hall–Kier alpha value is -1.86. The summed E-state index contributed by atoms with van der Waals surface area (Å²) in [5.74, 6) is 0.476. The molecule has 0 bridgehead atoms. The molecule has 0 spiro atoms. The topological polar surface area (TPSA) is 33.0 Å². The fourth-order valence-corrected chi connectivity index (χ4v) is 2.45. The highest BCUT2D eigenvalue weighted by molar-refractivity contribution is 9.10. The van der Waals surface area contributed by atoms with Crippen molar-refractivity contribution in [3.8, 4) is 11.8 Å². The van der Waals surface area contributed by atoms with Crippen LogP contribution in [0.5, 0.6) is 5.75 Å². The van der Waals surface area contributed by atoms with Crippen LogP contribution in [0.25, 0.3) is 0 Å². The third-order valence-corrected chi connectivity index (χ3v) is 3.56. The maximum absolute atomic E-state index is 13.2. The largest absolute Gasteiger partial charge is 0.488 e. The van der Waals surface area contributed by atoms with Crippen molar-refractivity contribution in [3.63, 3.8) is 0 Å². The van der Waals surface area contributed by atoms with Crippen LogP contribution in [0.3, 0.4) is 0 Å². The molecular weight excluding hydrogens is 321 g/mol. The summed E-state index contributed by atoms with van der Waals surface area (Å²) in [6.45, 7) is 4.17. The van der Waals surface area contributed by atoms with Crippen LogP contribution in [0.1, 0.15) is 22.3 Å². The zero-order chi connectivity index (χ0) is 14.7. The Bertz CT molecular complexity index is 668. The molecule has 0 unspecified atom stereocenters. The Morgan fingerprint density at radius 3 is 2.40 bits per heavy atom. The van der Waals surface area contributed by atoms with E-state index in [0.29, 0.717) is 16.6 Å². The molecule has 2 rings (SSSR count). The zero-order valence-corrected chi connectivity index (χ0v) is 12.8. The number of aryl methyl sites for hydroxylation is 2. The summed E-state index contributed by atoms with van der Waals surface area (Å²) in [6.07, 6.45) is 0. The Morgan fingerprint density at radius 1 is 1.20 bits per heavy atom. The maximum atomic E-state index is 13.2. The molecule has 4 heteroatoms. The lowest BCUT2D eigenvalue weighted by Gasteiger charge is -2.13. The molecule has 2 aromatic carbocycles. The number of rotatable bonds is 3. The second kappa shape index (κ2) is 6.06. The number of benzene rings is 2. The van der Waals surface area contributed by atoms with Gasteiger partial charge in [-0.25, -0.2) is 4.39 Å². The summed E-state index contributed by atoms with van der Waals surface area (Å²) >= 11 is 3.15. The molecule has 0 atom stereocenters. The summed E-state index contributed by atoms with van der Waals surface area (Å²) in [5, 5.41) is 8.91. The van der Waals surface area contributed by atoms with Crippen molar-refractivity contribution in [2.45, 2.75) is 20.5 Å². The third kappa shape index (κ3) is 3.17. The van der Waals surface area contributed by atoms with Gasteiger partial charge in [-0.15, -0.1) is 0 Å². The van der Waals surface area contributed by atoms with E-state index in [-0.39, 0.29) is 5.82 Å². The first-order valence-electron chi connectivity index (χ1n) is 6.09. The number of nitriles is 1. The quantitative estimate of drug-likeness (QED) is 0.818. The van der Waals surface area contributed by atoms with E-state index in [1.807, 2.05) is 13.8 Å². The average Bonchev–Trinajstić information content (AvgIpc) is 2.41. The van der Waals surface area contributed by atoms with Crippen LogP contribution in [0, 0.1) is 31.0 Å². The van der Waals surface area contributed by atoms with Crippen LogP contribution in [0.15, 0.2) is 34.8 Å². The van der Waals surface area contributed by atoms with Crippen molar-refractivity contribution in [3.05, 3.63) is 62.9 Å². The molecule has 0 saturated carbocycles. The lowest BCUT2D eigenvalue weighted by molar-refractivity contribution is 0.301. The van der Waals surface area contributed by atoms with Gasteiger partial charge in [-0.2, -0.15) is 5.26 Å².